The van der Waals surface area contributed by atoms with Crippen molar-refractivity contribution in [2.75, 3.05) is 39.0 Å². The van der Waals surface area contributed by atoms with Crippen LogP contribution in [0.1, 0.15) is 59.4 Å². The zero-order valence-corrected chi connectivity index (χ0v) is 22.1. The standard InChI is InChI=1S/C27H31N5O3S/c1-27(2)20-14-23(35-17-8-10-32(5)11-9-17)22(30-36(34)31(3)4)13-19(20)25(33)24-18-7-6-16(15-28)12-21(18)29-26(24)27/h6-7,12-14,17,29-30H,8-11H2,1-5H3. The molecule has 0 bridgehead atoms. The summed E-state index contributed by atoms with van der Waals surface area (Å²) in [5, 5.41) is 10.1. The molecule has 0 saturated carbocycles. The number of nitrogens with zero attached hydrogens (tertiary/aromatic N) is 3. The number of H-pyrrole nitrogens is 1. The molecule has 2 aliphatic rings. The first kappa shape index (κ1) is 24.7. The number of hydrogen-bond donors (Lipinski definition) is 2. The zero-order valence-electron chi connectivity index (χ0n) is 21.3. The van der Waals surface area contributed by atoms with Gasteiger partial charge < -0.3 is 19.2 Å². The Balaban J connectivity index is 1.63. The minimum absolute atomic E-state index is 0.0445. The van der Waals surface area contributed by atoms with Crippen molar-refractivity contribution in [2.24, 2.45) is 0 Å². The van der Waals surface area contributed by atoms with Gasteiger partial charge in [0.25, 0.3) is 0 Å². The molecule has 3 aromatic rings. The molecule has 5 rings (SSSR count). The summed E-state index contributed by atoms with van der Waals surface area (Å²) in [7, 11) is 5.55. The second kappa shape index (κ2) is 9.12. The Hall–Kier alpha value is -3.03. The van der Waals surface area contributed by atoms with Crippen molar-refractivity contribution >= 4 is 33.9 Å². The fraction of sp³-hybridized carbons (Fsp3) is 0.407. The van der Waals surface area contributed by atoms with Gasteiger partial charge in [0, 0.05) is 54.8 Å². The highest BCUT2D eigenvalue weighted by atomic mass is 32.2. The quantitative estimate of drug-likeness (QED) is 0.506. The van der Waals surface area contributed by atoms with Crippen LogP contribution >= 0.6 is 0 Å². The molecule has 1 aromatic heterocycles. The largest absolute Gasteiger partial charge is 0.573 e. The van der Waals surface area contributed by atoms with Gasteiger partial charge in [-0.3, -0.25) is 4.79 Å². The van der Waals surface area contributed by atoms with Crippen LogP contribution in [0.4, 0.5) is 5.69 Å². The highest BCUT2D eigenvalue weighted by Crippen LogP contribution is 2.47. The minimum atomic E-state index is -1.49. The summed E-state index contributed by atoms with van der Waals surface area (Å²) in [6.45, 7) is 6.08. The first-order chi connectivity index (χ1) is 17.1. The van der Waals surface area contributed by atoms with Crippen molar-refractivity contribution in [2.45, 2.75) is 38.2 Å². The first-order valence-corrected chi connectivity index (χ1v) is 13.2. The smallest absolute Gasteiger partial charge is 0.195 e. The van der Waals surface area contributed by atoms with Gasteiger partial charge in [-0.15, -0.1) is 4.31 Å². The topological polar surface area (TPSA) is 107 Å². The van der Waals surface area contributed by atoms with E-state index in [-0.39, 0.29) is 11.9 Å². The molecule has 2 heterocycles. The molecule has 0 amide bonds. The number of likely N-dealkylation sites (tertiary alicyclic amines) is 1. The van der Waals surface area contributed by atoms with Gasteiger partial charge in [-0.05, 0) is 49.7 Å². The Labute approximate surface area is 214 Å². The predicted molar refractivity (Wildman–Crippen MR) is 142 cm³/mol. The number of rotatable bonds is 5. The van der Waals surface area contributed by atoms with E-state index in [0.29, 0.717) is 28.1 Å². The Bertz CT molecular complexity index is 1380. The Morgan fingerprint density at radius 1 is 1.25 bits per heavy atom. The van der Waals surface area contributed by atoms with Crippen molar-refractivity contribution in [3.8, 4) is 11.8 Å². The van der Waals surface area contributed by atoms with Gasteiger partial charge in [0.2, 0.25) is 0 Å². The van der Waals surface area contributed by atoms with E-state index in [2.05, 4.69) is 41.6 Å². The maximum atomic E-state index is 13.9. The molecule has 8 nitrogen and oxygen atoms in total. The van der Waals surface area contributed by atoms with Crippen LogP contribution in [-0.4, -0.2) is 64.9 Å². The van der Waals surface area contributed by atoms with Gasteiger partial charge in [0.05, 0.1) is 17.2 Å². The molecule has 1 aliphatic heterocycles. The van der Waals surface area contributed by atoms with E-state index in [4.69, 9.17) is 4.74 Å². The van der Waals surface area contributed by atoms with Crippen molar-refractivity contribution < 1.29 is 14.1 Å². The first-order valence-electron chi connectivity index (χ1n) is 12.1. The van der Waals surface area contributed by atoms with Gasteiger partial charge in [-0.2, -0.15) is 9.98 Å². The molecular formula is C27H31N5O3S. The van der Waals surface area contributed by atoms with Crippen molar-refractivity contribution in [1.82, 2.24) is 14.2 Å². The molecule has 1 aliphatic carbocycles. The van der Waals surface area contributed by atoms with Crippen LogP contribution in [0.2, 0.25) is 0 Å². The second-order valence-electron chi connectivity index (χ2n) is 10.4. The van der Waals surface area contributed by atoms with Crippen LogP contribution in [0.25, 0.3) is 10.9 Å². The maximum absolute atomic E-state index is 13.9. The zero-order chi connectivity index (χ0) is 25.8. The number of nitriles is 1. The number of piperidine rings is 1. The van der Waals surface area contributed by atoms with E-state index in [1.807, 2.05) is 12.1 Å². The van der Waals surface area contributed by atoms with E-state index < -0.39 is 17.0 Å². The molecule has 1 saturated heterocycles. The van der Waals surface area contributed by atoms with Crippen LogP contribution in [0.5, 0.6) is 5.75 Å². The van der Waals surface area contributed by atoms with E-state index >= 15 is 0 Å². The summed E-state index contributed by atoms with van der Waals surface area (Å²) in [6, 6.07) is 11.2. The lowest BCUT2D eigenvalue weighted by Gasteiger charge is -2.34. The number of aromatic nitrogens is 1. The van der Waals surface area contributed by atoms with Crippen LogP contribution in [0.15, 0.2) is 30.3 Å². The average Bonchev–Trinajstić information content (AvgIpc) is 3.24. The predicted octanol–water partition coefficient (Wildman–Crippen LogP) is 3.94. The molecule has 2 aromatic carbocycles. The van der Waals surface area contributed by atoms with E-state index in [9.17, 15) is 14.6 Å². The third kappa shape index (κ3) is 4.14. The lowest BCUT2D eigenvalue weighted by Crippen LogP contribution is -2.36. The fourth-order valence-corrected chi connectivity index (χ4v) is 5.70. The molecule has 36 heavy (non-hydrogen) atoms. The number of hydrogen-bond acceptors (Lipinski definition) is 7. The van der Waals surface area contributed by atoms with E-state index in [1.165, 1.54) is 0 Å². The molecule has 2 N–H and O–H groups in total. The summed E-state index contributed by atoms with van der Waals surface area (Å²) in [5.41, 5.74) is 4.19. The number of nitrogens with one attached hydrogen (secondary N) is 2. The van der Waals surface area contributed by atoms with Gasteiger partial charge >= 0.3 is 0 Å². The monoisotopic (exact) mass is 505 g/mol. The van der Waals surface area contributed by atoms with E-state index in [1.54, 1.807) is 36.6 Å². The molecule has 188 valence electrons. The fourth-order valence-electron chi connectivity index (χ4n) is 5.17. The minimum Gasteiger partial charge on any atom is -0.573 e. The van der Waals surface area contributed by atoms with E-state index in [0.717, 1.165) is 48.1 Å². The molecule has 9 heteroatoms. The average molecular weight is 506 g/mol. The Morgan fingerprint density at radius 2 is 1.97 bits per heavy atom. The number of fused-ring (bicyclic) bond motifs is 4. The Morgan fingerprint density at radius 3 is 2.64 bits per heavy atom. The third-order valence-corrected chi connectivity index (χ3v) is 8.36. The van der Waals surface area contributed by atoms with Crippen molar-refractivity contribution in [1.29, 1.82) is 5.26 Å². The number of anilines is 1. The summed E-state index contributed by atoms with van der Waals surface area (Å²) < 4.78 is 23.8. The SMILES string of the molecule is CN1CCC(Oc2cc3c(cc2N[S+]([O-])N(C)C)C(=O)c2c([nH]c4cc(C#N)ccc24)C3(C)C)CC1. The van der Waals surface area contributed by atoms with Gasteiger partial charge in [0.1, 0.15) is 17.5 Å². The summed E-state index contributed by atoms with van der Waals surface area (Å²) in [4.78, 5) is 19.6. The number of carbonyl (C=O) groups excluding carboxylic acids is 1. The van der Waals surface area contributed by atoms with Crippen LogP contribution in [0, 0.1) is 11.3 Å². The van der Waals surface area contributed by atoms with Gasteiger partial charge in [-0.1, -0.05) is 19.9 Å². The summed E-state index contributed by atoms with van der Waals surface area (Å²) >= 11 is -1.49. The van der Waals surface area contributed by atoms with Crippen molar-refractivity contribution in [3.05, 3.63) is 58.3 Å². The number of carbonyl (C=O) groups is 1. The van der Waals surface area contributed by atoms with Crippen LogP contribution < -0.4 is 9.46 Å². The number of ether oxygens (including phenoxy) is 1. The molecular weight excluding hydrogens is 474 g/mol. The van der Waals surface area contributed by atoms with Gasteiger partial charge in [0.15, 0.2) is 17.3 Å². The number of aromatic amines is 1. The molecule has 0 spiro atoms. The lowest BCUT2D eigenvalue weighted by molar-refractivity contribution is 0.103. The molecule has 1 fully saturated rings. The molecule has 0 radical (unpaired) electrons. The highest BCUT2D eigenvalue weighted by molar-refractivity contribution is 7.90. The van der Waals surface area contributed by atoms with Gasteiger partial charge in [-0.25, -0.2) is 0 Å². The lowest BCUT2D eigenvalue weighted by atomic mass is 9.71. The number of benzene rings is 2. The Kier molecular flexibility index (Phi) is 6.25. The third-order valence-electron chi connectivity index (χ3n) is 7.31. The summed E-state index contributed by atoms with van der Waals surface area (Å²) in [5.74, 6) is 0.505. The molecule has 1 atom stereocenters. The van der Waals surface area contributed by atoms with Crippen molar-refractivity contribution in [3.63, 3.8) is 0 Å². The second-order valence-corrected chi connectivity index (χ2v) is 11.8. The highest BCUT2D eigenvalue weighted by Gasteiger charge is 2.41. The van der Waals surface area contributed by atoms with Crippen LogP contribution in [-0.2, 0) is 17.0 Å². The normalized spacial score (nSPS) is 18.6. The number of ketones is 1. The maximum Gasteiger partial charge on any atom is 0.195 e. The summed E-state index contributed by atoms with van der Waals surface area (Å²) in [6.07, 6.45) is 1.85. The van der Waals surface area contributed by atoms with Crippen LogP contribution in [0.3, 0.4) is 0 Å². The molecule has 1 unspecified atom stereocenters.